The van der Waals surface area contributed by atoms with Gasteiger partial charge in [-0.2, -0.15) is 0 Å². The number of rotatable bonds is 18. The number of carbonyl (C=O) groups excluding carboxylic acids is 11. The van der Waals surface area contributed by atoms with Gasteiger partial charge in [0.15, 0.2) is 17.3 Å². The second-order valence-corrected chi connectivity index (χ2v) is 29.2. The third-order valence-electron chi connectivity index (χ3n) is 18.9. The maximum absolute atomic E-state index is 15.4. The Balaban J connectivity index is 2.99. The van der Waals surface area contributed by atoms with Crippen molar-refractivity contribution in [3.8, 4) is 0 Å². The quantitative estimate of drug-likeness (QED) is 0.133. The van der Waals surface area contributed by atoms with Gasteiger partial charge in [0.05, 0.1) is 18.2 Å². The van der Waals surface area contributed by atoms with E-state index in [0.717, 1.165) is 12.1 Å². The summed E-state index contributed by atoms with van der Waals surface area (Å²) in [6.07, 6.45) is 2.79. The third kappa shape index (κ3) is 22.8. The molecule has 1 aliphatic rings. The van der Waals surface area contributed by atoms with E-state index in [1.807, 2.05) is 87.4 Å². The summed E-state index contributed by atoms with van der Waals surface area (Å²) in [4.78, 5) is 177. The lowest BCUT2D eigenvalue weighted by atomic mass is 9.84. The molecule has 0 unspecified atom stereocenters. The molecule has 0 radical (unpaired) electrons. The van der Waals surface area contributed by atoms with Gasteiger partial charge in [0.1, 0.15) is 36.3 Å². The predicted octanol–water partition coefficient (Wildman–Crippen LogP) is 7.77. The average molecular weight is 1290 g/mol. The van der Waals surface area contributed by atoms with E-state index in [1.54, 1.807) is 47.7 Å². The number of ketones is 3. The topological polar surface area (TPSA) is 256 Å². The predicted molar refractivity (Wildman–Crippen MR) is 359 cm³/mol. The standard InChI is InChI=1S/C71H121N9O12/c1-25-51-39-60(83)62(63(84)47(14)30-26-27-31-52-32-28-29-33-72-52)80(24)71(92)61(46(12)13)79(23)70(91)57(37-44(8)9)78(22)69(90)56(36-43(6)7)77(21)65(86)49(16)73-64(85)48(15)38-58(81)54(34-41(2)3)76(20)68(89)53(45(10)11)40-59(82)55(35-42(4)5)75(19)66(87)50(17)74(18)67(51)88/h28-29,32-33,41-51,53-57,61-63,84H,25-27,30-31,34-40H2,1-24H3,(H,73,85)/t47-,48+,49+,50-,51+,53-,54-,55+,56-,57-,61-,62+,63-/m1/s1. The summed E-state index contributed by atoms with van der Waals surface area (Å²) in [6.45, 7) is 30.5. The van der Waals surface area contributed by atoms with Crippen LogP contribution in [0, 0.1) is 59.2 Å². The minimum absolute atomic E-state index is 0.0714. The maximum Gasteiger partial charge on any atom is 0.246 e. The number of nitrogens with one attached hydrogen (secondary N) is 1. The van der Waals surface area contributed by atoms with Gasteiger partial charge in [-0.15, -0.1) is 0 Å². The van der Waals surface area contributed by atoms with E-state index in [9.17, 15) is 38.7 Å². The molecule has 2 rings (SSSR count). The van der Waals surface area contributed by atoms with Crippen molar-refractivity contribution in [1.82, 2.24) is 44.6 Å². The van der Waals surface area contributed by atoms with E-state index in [-0.39, 0.29) is 74.4 Å². The van der Waals surface area contributed by atoms with Gasteiger partial charge in [0, 0.05) is 98.2 Å². The summed E-state index contributed by atoms with van der Waals surface area (Å²) >= 11 is 0. The van der Waals surface area contributed by atoms with E-state index in [0.29, 0.717) is 19.3 Å². The Morgan fingerprint density at radius 2 is 0.946 bits per heavy atom. The van der Waals surface area contributed by atoms with Crippen molar-refractivity contribution >= 4 is 64.6 Å². The van der Waals surface area contributed by atoms with Crippen molar-refractivity contribution in [2.24, 2.45) is 59.2 Å². The van der Waals surface area contributed by atoms with E-state index < -0.39 is 155 Å². The molecule has 0 saturated carbocycles. The molecule has 2 heterocycles. The van der Waals surface area contributed by atoms with Crippen LogP contribution < -0.4 is 5.32 Å². The molecule has 0 aliphatic carbocycles. The Morgan fingerprint density at radius 3 is 1.41 bits per heavy atom. The number of likely N-dealkylation sites (N-methyl/N-ethyl adjacent to an activating group) is 7. The molecule has 2 N–H and O–H groups in total. The highest BCUT2D eigenvalue weighted by molar-refractivity contribution is 6.00. The van der Waals surface area contributed by atoms with Crippen LogP contribution in [-0.4, -0.2) is 213 Å². The zero-order chi connectivity index (χ0) is 70.7. The normalized spacial score (nSPS) is 26.7. The highest BCUT2D eigenvalue weighted by Crippen LogP contribution is 2.30. The van der Waals surface area contributed by atoms with Gasteiger partial charge < -0.3 is 44.7 Å². The van der Waals surface area contributed by atoms with Crippen LogP contribution in [0.5, 0.6) is 0 Å². The zero-order valence-electron chi connectivity index (χ0n) is 60.8. The molecule has 8 amide bonds. The molecule has 1 aromatic rings. The number of Topliss-reactive ketones (excluding diaryl/α,β-unsaturated/α-hetero) is 3. The average Bonchev–Trinajstić information content (AvgIpc) is 0.824. The fourth-order valence-corrected chi connectivity index (χ4v) is 12.7. The summed E-state index contributed by atoms with van der Waals surface area (Å²) in [5, 5.41) is 15.2. The monoisotopic (exact) mass is 1290 g/mol. The first-order chi connectivity index (χ1) is 42.7. The molecule has 1 aromatic heterocycles. The highest BCUT2D eigenvalue weighted by atomic mass is 16.3. The number of unbranched alkanes of at least 4 members (excludes halogenated alkanes) is 1. The van der Waals surface area contributed by atoms with Crippen LogP contribution in [0.1, 0.15) is 194 Å². The van der Waals surface area contributed by atoms with E-state index in [1.165, 1.54) is 90.6 Å². The fourth-order valence-electron chi connectivity index (χ4n) is 12.7. The molecule has 1 fully saturated rings. The molecule has 0 aromatic carbocycles. The largest absolute Gasteiger partial charge is 0.390 e. The minimum atomic E-state index is -1.50. The molecule has 92 heavy (non-hydrogen) atoms. The Morgan fingerprint density at radius 1 is 0.489 bits per heavy atom. The van der Waals surface area contributed by atoms with Gasteiger partial charge in [-0.05, 0) is 119 Å². The van der Waals surface area contributed by atoms with Crippen LogP contribution in [0.25, 0.3) is 0 Å². The number of carbonyl (C=O) groups is 11. The number of hydrogen-bond donors (Lipinski definition) is 2. The Hall–Kier alpha value is -6.12. The molecule has 21 nitrogen and oxygen atoms in total. The number of aliphatic hydroxyl groups excluding tert-OH is 1. The molecular weight excluding hydrogens is 1170 g/mol. The number of aromatic nitrogens is 1. The fraction of sp³-hybridized carbons (Fsp3) is 0.775. The van der Waals surface area contributed by atoms with E-state index >= 15 is 19.2 Å². The van der Waals surface area contributed by atoms with E-state index in [2.05, 4.69) is 10.3 Å². The summed E-state index contributed by atoms with van der Waals surface area (Å²) < 4.78 is 0. The second kappa shape index (κ2) is 37.7. The lowest BCUT2D eigenvalue weighted by molar-refractivity contribution is -0.157. The van der Waals surface area contributed by atoms with Gasteiger partial charge in [0.2, 0.25) is 47.3 Å². The van der Waals surface area contributed by atoms with Gasteiger partial charge in [0.25, 0.3) is 0 Å². The zero-order valence-corrected chi connectivity index (χ0v) is 60.8. The Kier molecular flexibility index (Phi) is 33.6. The third-order valence-corrected chi connectivity index (χ3v) is 18.9. The summed E-state index contributed by atoms with van der Waals surface area (Å²) in [5.74, 6) is -10.8. The second-order valence-electron chi connectivity index (χ2n) is 29.2. The summed E-state index contributed by atoms with van der Waals surface area (Å²) in [6, 6.07) is -3.63. The minimum Gasteiger partial charge on any atom is -0.390 e. The number of aryl methyl sites for hydroxylation is 1. The number of pyridine rings is 1. The highest BCUT2D eigenvalue weighted by Gasteiger charge is 2.46. The van der Waals surface area contributed by atoms with Crippen molar-refractivity contribution < 1.29 is 57.8 Å². The summed E-state index contributed by atoms with van der Waals surface area (Å²) in [5.41, 5.74) is 0.910. The molecule has 13 atom stereocenters. The SMILES string of the molecule is CC[C@H]1CC(=O)[C@@H]([C@H](O)[C@H](C)CCCCc2ccccn2)N(C)C(=O)[C@@H](C(C)C)N(C)C(=O)[C@@H](CC(C)C)N(C)C(=O)[C@@H](CC(C)C)N(C)C(=O)[C@H](C)NC(=O)[C@@H](C)CC(=O)[C@@H](CC(C)C)N(C)C(=O)[C@@H](C(C)C)CC(=O)[C@H](CC(C)C)N(C)C(=O)[C@@H](C)N(C)C1=O. The number of hydrogen-bond acceptors (Lipinski definition) is 13. The first kappa shape index (κ1) is 82.0. The van der Waals surface area contributed by atoms with Crippen LogP contribution >= 0.6 is 0 Å². The van der Waals surface area contributed by atoms with E-state index in [4.69, 9.17) is 0 Å². The number of nitrogens with zero attached hydrogens (tertiary/aromatic N) is 8. The van der Waals surface area contributed by atoms with Crippen molar-refractivity contribution in [3.63, 3.8) is 0 Å². The summed E-state index contributed by atoms with van der Waals surface area (Å²) in [7, 11) is 10.3. The number of amides is 8. The van der Waals surface area contributed by atoms with Crippen molar-refractivity contribution in [2.75, 3.05) is 49.3 Å². The Bertz CT molecular complexity index is 2630. The van der Waals surface area contributed by atoms with Crippen molar-refractivity contribution in [2.45, 2.75) is 249 Å². The molecule has 21 heteroatoms. The molecule has 0 spiro atoms. The first-order valence-electron chi connectivity index (χ1n) is 34.0. The Labute approximate surface area is 552 Å². The van der Waals surface area contributed by atoms with Gasteiger partial charge >= 0.3 is 0 Å². The van der Waals surface area contributed by atoms with Gasteiger partial charge in [-0.1, -0.05) is 116 Å². The van der Waals surface area contributed by atoms with Gasteiger partial charge in [-0.3, -0.25) is 57.7 Å². The molecule has 522 valence electrons. The molecule has 0 bridgehead atoms. The molecule has 1 saturated heterocycles. The van der Waals surface area contributed by atoms with Crippen LogP contribution in [0.15, 0.2) is 24.4 Å². The molecular formula is C71H121N9O12. The van der Waals surface area contributed by atoms with Crippen molar-refractivity contribution in [1.29, 1.82) is 0 Å². The number of aliphatic hydroxyl groups is 1. The smallest absolute Gasteiger partial charge is 0.246 e. The molecule has 1 aliphatic heterocycles. The maximum atomic E-state index is 15.4. The lowest BCUT2D eigenvalue weighted by Crippen LogP contribution is -2.61. The van der Waals surface area contributed by atoms with Crippen LogP contribution in [-0.2, 0) is 59.2 Å². The van der Waals surface area contributed by atoms with Crippen molar-refractivity contribution in [3.05, 3.63) is 30.1 Å². The van der Waals surface area contributed by atoms with Crippen LogP contribution in [0.4, 0.5) is 0 Å². The van der Waals surface area contributed by atoms with Crippen LogP contribution in [0.2, 0.25) is 0 Å². The van der Waals surface area contributed by atoms with Crippen LogP contribution in [0.3, 0.4) is 0 Å². The lowest BCUT2D eigenvalue weighted by Gasteiger charge is -2.41. The first-order valence-corrected chi connectivity index (χ1v) is 34.0. The van der Waals surface area contributed by atoms with Gasteiger partial charge in [-0.25, -0.2) is 0 Å².